The molecule has 0 amide bonds. The molecule has 0 aliphatic rings. The fourth-order valence-corrected chi connectivity index (χ4v) is 6.94. The molecule has 0 aromatic carbocycles. The zero-order chi connectivity index (χ0) is 40.2. The summed E-state index contributed by atoms with van der Waals surface area (Å²) in [6, 6.07) is 0. The molecule has 54 heavy (non-hydrogen) atoms. The number of aliphatic hydroxyl groups excluding tert-OH is 1. The predicted molar refractivity (Wildman–Crippen MR) is 227 cm³/mol. The Hall–Kier alpha value is -1.34. The molecule has 0 aromatic heterocycles. The number of ether oxygens (including phenoxy) is 4. The number of hydrogen-bond acceptors (Lipinski definition) is 7. The van der Waals surface area contributed by atoms with Crippen molar-refractivity contribution in [1.29, 1.82) is 0 Å². The Labute approximate surface area is 335 Å². The second-order valence-corrected chi connectivity index (χ2v) is 17.3. The SMILES string of the molecule is CCCCCCCCCCCCCCCCCCOC(=O)OCC(CO)COC(=O)C(C)(C)C(C)(C)OC(CCCCCCCC)CCCCCCCC. The van der Waals surface area contributed by atoms with Crippen molar-refractivity contribution in [2.24, 2.45) is 11.3 Å². The highest BCUT2D eigenvalue weighted by Crippen LogP contribution is 2.38. The monoisotopic (exact) mass is 769 g/mol. The lowest BCUT2D eigenvalue weighted by Crippen LogP contribution is -2.50. The Morgan fingerprint density at radius 2 is 0.833 bits per heavy atom. The first kappa shape index (κ1) is 52.7. The minimum Gasteiger partial charge on any atom is -0.465 e. The molecule has 322 valence electrons. The number of unbranched alkanes of at least 4 members (excludes halogenated alkanes) is 25. The van der Waals surface area contributed by atoms with Crippen LogP contribution in [-0.4, -0.2) is 55.4 Å². The smallest absolute Gasteiger partial charge is 0.465 e. The van der Waals surface area contributed by atoms with Gasteiger partial charge < -0.3 is 24.1 Å². The Bertz CT molecular complexity index is 826. The standard InChI is InChI=1S/C47H92O7/c1-8-11-14-17-20-21-22-23-24-25-26-27-28-29-32-35-38-51-45(50)53-41-42(39-48)40-52-44(49)46(4,5)47(6,7)54-43(36-33-30-18-15-12-9-2)37-34-31-19-16-13-10-3/h42-43,48H,8-41H2,1-7H3. The fraction of sp³-hybridized carbons (Fsp3) is 0.957. The molecule has 0 aliphatic heterocycles. The third-order valence-corrected chi connectivity index (χ3v) is 11.6. The van der Waals surface area contributed by atoms with E-state index in [0.717, 1.165) is 44.9 Å². The average molecular weight is 769 g/mol. The molecule has 0 saturated heterocycles. The largest absolute Gasteiger partial charge is 0.508 e. The molecule has 0 heterocycles. The van der Waals surface area contributed by atoms with Crippen LogP contribution in [-0.2, 0) is 23.7 Å². The Morgan fingerprint density at radius 1 is 0.481 bits per heavy atom. The van der Waals surface area contributed by atoms with Crippen LogP contribution >= 0.6 is 0 Å². The van der Waals surface area contributed by atoms with E-state index in [1.165, 1.54) is 148 Å². The quantitative estimate of drug-likeness (QED) is 0.0490. The molecule has 0 rings (SSSR count). The van der Waals surface area contributed by atoms with Crippen molar-refractivity contribution in [3.63, 3.8) is 0 Å². The van der Waals surface area contributed by atoms with Crippen LogP contribution in [0.4, 0.5) is 4.79 Å². The summed E-state index contributed by atoms with van der Waals surface area (Å²) >= 11 is 0. The van der Waals surface area contributed by atoms with E-state index in [9.17, 15) is 14.7 Å². The maximum Gasteiger partial charge on any atom is 0.508 e. The molecule has 1 unspecified atom stereocenters. The molecule has 7 heteroatoms. The van der Waals surface area contributed by atoms with Crippen LogP contribution in [0.5, 0.6) is 0 Å². The molecule has 1 N–H and O–H groups in total. The Morgan fingerprint density at radius 3 is 1.22 bits per heavy atom. The van der Waals surface area contributed by atoms with Gasteiger partial charge in [0.15, 0.2) is 0 Å². The summed E-state index contributed by atoms with van der Waals surface area (Å²) in [5, 5.41) is 9.92. The van der Waals surface area contributed by atoms with E-state index in [-0.39, 0.29) is 31.9 Å². The van der Waals surface area contributed by atoms with E-state index in [1.54, 1.807) is 0 Å². The van der Waals surface area contributed by atoms with E-state index in [2.05, 4.69) is 20.8 Å². The highest BCUT2D eigenvalue weighted by Gasteiger charge is 2.47. The van der Waals surface area contributed by atoms with Crippen molar-refractivity contribution in [2.45, 2.75) is 253 Å². The minimum absolute atomic E-state index is 0.0415. The van der Waals surface area contributed by atoms with Crippen LogP contribution in [0.2, 0.25) is 0 Å². The highest BCUT2D eigenvalue weighted by molar-refractivity contribution is 5.77. The summed E-state index contributed by atoms with van der Waals surface area (Å²) in [7, 11) is 0. The van der Waals surface area contributed by atoms with E-state index >= 15 is 0 Å². The van der Waals surface area contributed by atoms with Gasteiger partial charge in [0.05, 0.1) is 42.9 Å². The van der Waals surface area contributed by atoms with Gasteiger partial charge in [0.1, 0.15) is 6.61 Å². The molecule has 0 fully saturated rings. The van der Waals surface area contributed by atoms with E-state index in [0.29, 0.717) is 6.61 Å². The number of aliphatic hydroxyl groups is 1. The van der Waals surface area contributed by atoms with Crippen LogP contribution in [0.1, 0.15) is 241 Å². The van der Waals surface area contributed by atoms with Gasteiger partial charge in [-0.15, -0.1) is 0 Å². The molecule has 0 saturated carbocycles. The normalized spacial score (nSPS) is 12.7. The van der Waals surface area contributed by atoms with Gasteiger partial charge in [-0.3, -0.25) is 4.79 Å². The van der Waals surface area contributed by atoms with Gasteiger partial charge >= 0.3 is 12.1 Å². The highest BCUT2D eigenvalue weighted by atomic mass is 16.7. The molecule has 0 spiro atoms. The van der Waals surface area contributed by atoms with Gasteiger partial charge in [-0.25, -0.2) is 4.79 Å². The lowest BCUT2D eigenvalue weighted by atomic mass is 9.76. The third-order valence-electron chi connectivity index (χ3n) is 11.6. The fourth-order valence-electron chi connectivity index (χ4n) is 6.94. The van der Waals surface area contributed by atoms with Crippen molar-refractivity contribution >= 4 is 12.1 Å². The van der Waals surface area contributed by atoms with Crippen molar-refractivity contribution in [1.82, 2.24) is 0 Å². The first-order valence-electron chi connectivity index (χ1n) is 23.3. The van der Waals surface area contributed by atoms with Crippen LogP contribution < -0.4 is 0 Å². The maximum atomic E-state index is 13.4. The van der Waals surface area contributed by atoms with Crippen molar-refractivity contribution in [3.05, 3.63) is 0 Å². The summed E-state index contributed by atoms with van der Waals surface area (Å²) in [5.74, 6) is -0.903. The third kappa shape index (κ3) is 29.0. The van der Waals surface area contributed by atoms with Gasteiger partial charge in [0.25, 0.3) is 0 Å². The number of carbonyl (C=O) groups is 2. The maximum absolute atomic E-state index is 13.4. The minimum atomic E-state index is -0.916. The van der Waals surface area contributed by atoms with E-state index < -0.39 is 23.1 Å². The van der Waals surface area contributed by atoms with Gasteiger partial charge in [0.2, 0.25) is 0 Å². The summed E-state index contributed by atoms with van der Waals surface area (Å²) < 4.78 is 23.0. The van der Waals surface area contributed by atoms with Crippen LogP contribution in [0.15, 0.2) is 0 Å². The topological polar surface area (TPSA) is 91.3 Å². The first-order valence-corrected chi connectivity index (χ1v) is 23.3. The second kappa shape index (κ2) is 36.0. The number of esters is 1. The summed E-state index contributed by atoms with van der Waals surface area (Å²) in [6.07, 6.45) is 37.1. The molecule has 0 aromatic rings. The molecule has 0 radical (unpaired) electrons. The van der Waals surface area contributed by atoms with E-state index in [4.69, 9.17) is 18.9 Å². The van der Waals surface area contributed by atoms with Crippen molar-refractivity contribution in [2.75, 3.05) is 26.4 Å². The lowest BCUT2D eigenvalue weighted by Gasteiger charge is -2.42. The molecular formula is C47H92O7. The van der Waals surface area contributed by atoms with Crippen LogP contribution in [0, 0.1) is 11.3 Å². The van der Waals surface area contributed by atoms with Crippen LogP contribution in [0.25, 0.3) is 0 Å². The first-order chi connectivity index (χ1) is 26.0. The Kier molecular flexibility index (Phi) is 35.1. The van der Waals surface area contributed by atoms with Crippen molar-refractivity contribution < 1.29 is 33.6 Å². The predicted octanol–water partition coefficient (Wildman–Crippen LogP) is 14.2. The lowest BCUT2D eigenvalue weighted by molar-refractivity contribution is -0.186. The average Bonchev–Trinajstić information content (AvgIpc) is 3.15. The molecule has 0 bridgehead atoms. The summed E-state index contributed by atoms with van der Waals surface area (Å²) in [6.45, 7) is 14.5. The summed E-state index contributed by atoms with van der Waals surface area (Å²) in [4.78, 5) is 25.6. The van der Waals surface area contributed by atoms with Gasteiger partial charge in [0, 0.05) is 0 Å². The van der Waals surface area contributed by atoms with Gasteiger partial charge in [-0.05, 0) is 47.0 Å². The zero-order valence-corrected chi connectivity index (χ0v) is 37.1. The zero-order valence-electron chi connectivity index (χ0n) is 37.1. The van der Waals surface area contributed by atoms with Gasteiger partial charge in [-0.2, -0.15) is 0 Å². The molecular weight excluding hydrogens is 677 g/mol. The summed E-state index contributed by atoms with van der Waals surface area (Å²) in [5.41, 5.74) is -1.67. The molecule has 7 nitrogen and oxygen atoms in total. The Balaban J connectivity index is 4.38. The second-order valence-electron chi connectivity index (χ2n) is 17.3. The van der Waals surface area contributed by atoms with Crippen LogP contribution in [0.3, 0.4) is 0 Å². The van der Waals surface area contributed by atoms with Crippen molar-refractivity contribution in [3.8, 4) is 0 Å². The number of hydrogen-bond donors (Lipinski definition) is 1. The molecule has 0 aliphatic carbocycles. The molecule has 1 atom stereocenters. The van der Waals surface area contributed by atoms with Gasteiger partial charge in [-0.1, -0.05) is 194 Å². The van der Waals surface area contributed by atoms with E-state index in [1.807, 2.05) is 27.7 Å². The number of carbonyl (C=O) groups excluding carboxylic acids is 2. The number of rotatable bonds is 40.